The van der Waals surface area contributed by atoms with E-state index in [1.54, 1.807) is 35.4 Å². The predicted octanol–water partition coefficient (Wildman–Crippen LogP) is 3.27. The van der Waals surface area contributed by atoms with Gasteiger partial charge in [0.05, 0.1) is 34.5 Å². The van der Waals surface area contributed by atoms with E-state index in [9.17, 15) is 9.59 Å². The van der Waals surface area contributed by atoms with Gasteiger partial charge in [-0.2, -0.15) is 0 Å². The fraction of sp³-hybridized carbons (Fsp3) is 0.500. The molecule has 1 aliphatic heterocycles. The Morgan fingerprint density at radius 1 is 0.947 bits per heavy atom. The summed E-state index contributed by atoms with van der Waals surface area (Å²) < 4.78 is 28.1. The first kappa shape index (κ1) is 27.4. The fourth-order valence-corrected chi connectivity index (χ4v) is 5.23. The molecule has 4 rings (SSSR count). The number of piperazine rings is 1. The molecule has 1 heterocycles. The molecular formula is C28H37N3O7. The van der Waals surface area contributed by atoms with Gasteiger partial charge in [-0.3, -0.25) is 9.69 Å². The molecule has 1 saturated heterocycles. The van der Waals surface area contributed by atoms with E-state index in [2.05, 4.69) is 10.2 Å². The summed E-state index contributed by atoms with van der Waals surface area (Å²) in [5.41, 5.74) is 3.77. The largest absolute Gasteiger partial charge is 0.497 e. The van der Waals surface area contributed by atoms with E-state index in [0.717, 1.165) is 35.3 Å². The monoisotopic (exact) mass is 527 g/mol. The van der Waals surface area contributed by atoms with Crippen molar-refractivity contribution in [3.63, 3.8) is 0 Å². The van der Waals surface area contributed by atoms with E-state index >= 15 is 0 Å². The van der Waals surface area contributed by atoms with Crippen LogP contribution in [0.25, 0.3) is 11.1 Å². The number of aryl methyl sites for hydroxylation is 1. The van der Waals surface area contributed by atoms with Crippen LogP contribution in [0.1, 0.15) is 30.5 Å². The third-order valence-electron chi connectivity index (χ3n) is 7.27. The Morgan fingerprint density at radius 3 is 2.32 bits per heavy atom. The summed E-state index contributed by atoms with van der Waals surface area (Å²) in [6.45, 7) is 5.42. The number of nitrogens with one attached hydrogen (secondary N) is 1. The Bertz CT molecular complexity index is 1160. The predicted molar refractivity (Wildman–Crippen MR) is 142 cm³/mol. The summed E-state index contributed by atoms with van der Waals surface area (Å²) in [4.78, 5) is 28.4. The summed E-state index contributed by atoms with van der Waals surface area (Å²) in [6, 6.07) is 7.48. The molecule has 2 aliphatic rings. The van der Waals surface area contributed by atoms with Gasteiger partial charge in [-0.25, -0.2) is 4.79 Å². The summed E-state index contributed by atoms with van der Waals surface area (Å²) >= 11 is 0. The molecule has 38 heavy (non-hydrogen) atoms. The minimum absolute atomic E-state index is 0.0947. The van der Waals surface area contributed by atoms with Gasteiger partial charge in [0, 0.05) is 45.2 Å². The molecule has 1 atom stereocenters. The second kappa shape index (κ2) is 12.3. The van der Waals surface area contributed by atoms with Crippen molar-refractivity contribution in [2.45, 2.75) is 25.8 Å². The Morgan fingerprint density at radius 2 is 1.68 bits per heavy atom. The average Bonchev–Trinajstić information content (AvgIpc) is 3.08. The van der Waals surface area contributed by atoms with Crippen molar-refractivity contribution in [2.75, 3.05) is 67.8 Å². The second-order valence-corrected chi connectivity index (χ2v) is 9.35. The number of nitrogens with zero attached hydrogens (tertiary/aromatic N) is 2. The minimum Gasteiger partial charge on any atom is -0.497 e. The van der Waals surface area contributed by atoms with Crippen molar-refractivity contribution in [1.82, 2.24) is 15.1 Å². The molecule has 10 nitrogen and oxygen atoms in total. The van der Waals surface area contributed by atoms with E-state index in [1.165, 1.54) is 0 Å². The Hall–Kier alpha value is -3.66. The zero-order valence-corrected chi connectivity index (χ0v) is 22.8. The number of ether oxygens (including phenoxy) is 5. The summed E-state index contributed by atoms with van der Waals surface area (Å²) in [5.74, 6) is 2.48. The molecule has 0 aromatic heterocycles. The number of benzene rings is 2. The van der Waals surface area contributed by atoms with Gasteiger partial charge in [0.15, 0.2) is 11.5 Å². The quantitative estimate of drug-likeness (QED) is 0.559. The lowest BCUT2D eigenvalue weighted by molar-refractivity contribution is -0.130. The van der Waals surface area contributed by atoms with Gasteiger partial charge in [-0.15, -0.1) is 0 Å². The first-order valence-corrected chi connectivity index (χ1v) is 12.8. The number of carbonyl (C=O) groups excluding carboxylic acids is 2. The number of alkyl carbamates (subject to hydrolysis) is 1. The van der Waals surface area contributed by atoms with E-state index in [-0.39, 0.29) is 18.6 Å². The Balaban J connectivity index is 1.51. The third kappa shape index (κ3) is 5.75. The summed E-state index contributed by atoms with van der Waals surface area (Å²) in [5, 5.41) is 3.06. The van der Waals surface area contributed by atoms with E-state index in [4.69, 9.17) is 23.7 Å². The number of carbonyl (C=O) groups is 2. The van der Waals surface area contributed by atoms with E-state index in [0.29, 0.717) is 55.5 Å². The van der Waals surface area contributed by atoms with E-state index in [1.807, 2.05) is 29.2 Å². The third-order valence-corrected chi connectivity index (χ3v) is 7.27. The molecule has 0 unspecified atom stereocenters. The van der Waals surface area contributed by atoms with Gasteiger partial charge in [0.25, 0.3) is 0 Å². The maximum Gasteiger partial charge on any atom is 0.407 e. The first-order valence-electron chi connectivity index (χ1n) is 12.8. The molecule has 0 bridgehead atoms. The van der Waals surface area contributed by atoms with E-state index < -0.39 is 6.09 Å². The number of hydrogen-bond acceptors (Lipinski definition) is 8. The van der Waals surface area contributed by atoms with Crippen LogP contribution in [0.4, 0.5) is 4.79 Å². The second-order valence-electron chi connectivity index (χ2n) is 9.35. The standard InChI is InChI=1S/C28H37N3O7/c1-18(32)31-12-10-30(11-13-31)14-15-38-28(33)29-23-9-6-19-16-24(35-3)26(36-4)27(37-5)25(19)21-8-7-20(34-2)17-22(21)23/h7-8,16-17,23H,6,9-15H2,1-5H3,(H,29,33)/t23-/m0/s1. The van der Waals surface area contributed by atoms with Crippen LogP contribution in [0.3, 0.4) is 0 Å². The molecule has 10 heteroatoms. The normalized spacial score (nSPS) is 17.0. The molecule has 1 fully saturated rings. The number of rotatable bonds is 8. The van der Waals surface area contributed by atoms with Gasteiger partial charge in [-0.1, -0.05) is 6.07 Å². The van der Waals surface area contributed by atoms with Gasteiger partial charge >= 0.3 is 6.09 Å². The van der Waals surface area contributed by atoms with Gasteiger partial charge in [0.2, 0.25) is 11.7 Å². The van der Waals surface area contributed by atoms with Gasteiger partial charge in [-0.05, 0) is 47.7 Å². The summed E-state index contributed by atoms with van der Waals surface area (Å²) in [7, 11) is 6.41. The molecule has 1 aliphatic carbocycles. The maximum atomic E-state index is 12.9. The molecule has 2 aromatic rings. The Labute approximate surface area is 223 Å². The number of methoxy groups -OCH3 is 4. The molecular weight excluding hydrogens is 490 g/mol. The van der Waals surface area contributed by atoms with Crippen molar-refractivity contribution in [2.24, 2.45) is 0 Å². The highest BCUT2D eigenvalue weighted by Gasteiger charge is 2.30. The molecule has 0 saturated carbocycles. The SMILES string of the molecule is COc1ccc2c(c1)[C@@H](NC(=O)OCCN1CCN(C(C)=O)CC1)CCc1cc(OC)c(OC)c(OC)c1-2. The lowest BCUT2D eigenvalue weighted by Crippen LogP contribution is -2.48. The highest BCUT2D eigenvalue weighted by atomic mass is 16.5. The smallest absolute Gasteiger partial charge is 0.407 e. The zero-order chi connectivity index (χ0) is 27.2. The number of fused-ring (bicyclic) bond motifs is 3. The van der Waals surface area contributed by atoms with Crippen molar-refractivity contribution < 1.29 is 33.3 Å². The van der Waals surface area contributed by atoms with Crippen molar-refractivity contribution in [3.05, 3.63) is 35.4 Å². The van der Waals surface area contributed by atoms with Crippen LogP contribution in [-0.2, 0) is 16.0 Å². The molecule has 2 amide bonds. The van der Waals surface area contributed by atoms with Crippen LogP contribution in [0.5, 0.6) is 23.0 Å². The summed E-state index contributed by atoms with van der Waals surface area (Å²) in [6.07, 6.45) is 0.849. The van der Waals surface area contributed by atoms with Crippen molar-refractivity contribution in [1.29, 1.82) is 0 Å². The molecule has 0 radical (unpaired) electrons. The lowest BCUT2D eigenvalue weighted by Gasteiger charge is -2.33. The molecule has 1 N–H and O–H groups in total. The van der Waals surface area contributed by atoms with Crippen LogP contribution >= 0.6 is 0 Å². The van der Waals surface area contributed by atoms with Crippen LogP contribution in [-0.4, -0.2) is 89.6 Å². The number of hydrogen-bond donors (Lipinski definition) is 1. The van der Waals surface area contributed by atoms with Crippen LogP contribution in [0.2, 0.25) is 0 Å². The number of amides is 2. The minimum atomic E-state index is -0.473. The maximum absolute atomic E-state index is 12.9. The molecule has 2 aromatic carbocycles. The van der Waals surface area contributed by atoms with Gasteiger partial charge in [0.1, 0.15) is 12.4 Å². The lowest BCUT2D eigenvalue weighted by atomic mass is 9.93. The van der Waals surface area contributed by atoms with Crippen LogP contribution in [0.15, 0.2) is 24.3 Å². The van der Waals surface area contributed by atoms with Crippen LogP contribution < -0.4 is 24.3 Å². The van der Waals surface area contributed by atoms with Gasteiger partial charge < -0.3 is 33.9 Å². The van der Waals surface area contributed by atoms with Crippen molar-refractivity contribution >= 4 is 12.0 Å². The zero-order valence-electron chi connectivity index (χ0n) is 22.8. The highest BCUT2D eigenvalue weighted by molar-refractivity contribution is 5.83. The Kier molecular flexibility index (Phi) is 8.83. The molecule has 206 valence electrons. The van der Waals surface area contributed by atoms with Crippen LogP contribution in [0, 0.1) is 0 Å². The molecule has 0 spiro atoms. The first-order chi connectivity index (χ1) is 18.4. The average molecular weight is 528 g/mol. The highest BCUT2D eigenvalue weighted by Crippen LogP contribution is 2.50. The van der Waals surface area contributed by atoms with Crippen molar-refractivity contribution in [3.8, 4) is 34.1 Å². The topological polar surface area (TPSA) is 98.8 Å². The fourth-order valence-electron chi connectivity index (χ4n) is 5.23.